The number of hydrogen-bond donors (Lipinski definition) is 2. The first kappa shape index (κ1) is 14.9. The Bertz CT molecular complexity index is 531. The van der Waals surface area contributed by atoms with Crippen LogP contribution in [0.1, 0.15) is 22.6 Å². The summed E-state index contributed by atoms with van der Waals surface area (Å²) in [4.78, 5) is 4.31. The summed E-state index contributed by atoms with van der Waals surface area (Å²) in [6, 6.07) is 1.74. The van der Waals surface area contributed by atoms with E-state index >= 15 is 0 Å². The first-order chi connectivity index (χ1) is 8.92. The molecular formula is C12H21N3O2S2. The summed E-state index contributed by atoms with van der Waals surface area (Å²) in [5.41, 5.74) is 5.56. The van der Waals surface area contributed by atoms with Gasteiger partial charge in [-0.05, 0) is 46.0 Å². The summed E-state index contributed by atoms with van der Waals surface area (Å²) < 4.78 is 27.6. The molecule has 108 valence electrons. The van der Waals surface area contributed by atoms with Crippen molar-refractivity contribution < 1.29 is 8.42 Å². The Balaban J connectivity index is 2.11. The van der Waals surface area contributed by atoms with Crippen LogP contribution in [0.2, 0.25) is 0 Å². The third kappa shape index (κ3) is 3.55. The summed E-state index contributed by atoms with van der Waals surface area (Å²) in [5.74, 6) is 0. The molecule has 0 radical (unpaired) electrons. The molecule has 5 nitrogen and oxygen atoms in total. The van der Waals surface area contributed by atoms with Crippen LogP contribution < -0.4 is 10.5 Å². The van der Waals surface area contributed by atoms with Gasteiger partial charge in [-0.2, -0.15) is 0 Å². The van der Waals surface area contributed by atoms with E-state index in [1.54, 1.807) is 6.07 Å². The molecule has 1 aliphatic heterocycles. The molecule has 2 heterocycles. The fourth-order valence-electron chi connectivity index (χ4n) is 2.30. The van der Waals surface area contributed by atoms with Crippen LogP contribution in [0.15, 0.2) is 11.0 Å². The molecule has 0 unspecified atom stereocenters. The van der Waals surface area contributed by atoms with Gasteiger partial charge in [0.05, 0.1) is 4.90 Å². The van der Waals surface area contributed by atoms with Crippen molar-refractivity contribution in [2.45, 2.75) is 37.2 Å². The molecule has 0 aliphatic carbocycles. The molecule has 0 amide bonds. The lowest BCUT2D eigenvalue weighted by atomic mass is 10.1. The number of thiophene rings is 1. The topological polar surface area (TPSA) is 75.4 Å². The number of piperidine rings is 1. The van der Waals surface area contributed by atoms with Gasteiger partial charge in [-0.1, -0.05) is 0 Å². The molecule has 0 spiro atoms. The highest BCUT2D eigenvalue weighted by Gasteiger charge is 2.25. The second kappa shape index (κ2) is 5.88. The predicted molar refractivity (Wildman–Crippen MR) is 77.8 cm³/mol. The van der Waals surface area contributed by atoms with Gasteiger partial charge in [0.15, 0.2) is 0 Å². The van der Waals surface area contributed by atoms with E-state index in [-0.39, 0.29) is 6.04 Å². The van der Waals surface area contributed by atoms with Crippen molar-refractivity contribution in [1.29, 1.82) is 0 Å². The molecule has 19 heavy (non-hydrogen) atoms. The lowest BCUT2D eigenvalue weighted by Gasteiger charge is -2.29. The second-order valence-corrected chi connectivity index (χ2v) is 8.06. The van der Waals surface area contributed by atoms with Crippen LogP contribution in [-0.4, -0.2) is 39.5 Å². The first-order valence-corrected chi connectivity index (χ1v) is 8.72. The van der Waals surface area contributed by atoms with E-state index in [1.807, 2.05) is 6.92 Å². The molecule has 2 rings (SSSR count). The number of nitrogens with zero attached hydrogens (tertiary/aromatic N) is 1. The van der Waals surface area contributed by atoms with E-state index in [0.29, 0.717) is 11.4 Å². The second-order valence-electron chi connectivity index (χ2n) is 5.04. The van der Waals surface area contributed by atoms with Crippen LogP contribution in [0.5, 0.6) is 0 Å². The molecular weight excluding hydrogens is 282 g/mol. The summed E-state index contributed by atoms with van der Waals surface area (Å²) in [6.45, 7) is 4.08. The van der Waals surface area contributed by atoms with Crippen molar-refractivity contribution in [2.24, 2.45) is 5.73 Å². The Morgan fingerprint density at radius 3 is 2.63 bits per heavy atom. The van der Waals surface area contributed by atoms with E-state index < -0.39 is 10.0 Å². The maximum absolute atomic E-state index is 12.4. The quantitative estimate of drug-likeness (QED) is 0.866. The third-order valence-corrected chi connectivity index (χ3v) is 6.30. The minimum Gasteiger partial charge on any atom is -0.326 e. The molecule has 1 saturated heterocycles. The SMILES string of the molecule is Cc1sc(CN)cc1S(=O)(=O)NC1CCN(C)CC1. The third-order valence-electron chi connectivity index (χ3n) is 3.45. The number of hydrogen-bond acceptors (Lipinski definition) is 5. The minimum atomic E-state index is -3.41. The van der Waals surface area contributed by atoms with Crippen molar-refractivity contribution in [2.75, 3.05) is 20.1 Å². The van der Waals surface area contributed by atoms with Gasteiger partial charge < -0.3 is 10.6 Å². The van der Waals surface area contributed by atoms with E-state index in [1.165, 1.54) is 11.3 Å². The Hall–Kier alpha value is -0.470. The highest BCUT2D eigenvalue weighted by Crippen LogP contribution is 2.26. The number of sulfonamides is 1. The predicted octanol–water partition coefficient (Wildman–Crippen LogP) is 0.888. The van der Waals surface area contributed by atoms with Crippen molar-refractivity contribution in [1.82, 2.24) is 9.62 Å². The minimum absolute atomic E-state index is 0.0434. The smallest absolute Gasteiger partial charge is 0.241 e. The van der Waals surface area contributed by atoms with Gasteiger partial charge in [0, 0.05) is 22.3 Å². The fraction of sp³-hybridized carbons (Fsp3) is 0.667. The maximum atomic E-state index is 12.4. The van der Waals surface area contributed by atoms with Gasteiger partial charge >= 0.3 is 0 Å². The van der Waals surface area contributed by atoms with Crippen LogP contribution in [0.25, 0.3) is 0 Å². The van der Waals surface area contributed by atoms with Crippen molar-refractivity contribution in [3.63, 3.8) is 0 Å². The van der Waals surface area contributed by atoms with E-state index in [4.69, 9.17) is 5.73 Å². The summed E-state index contributed by atoms with van der Waals surface area (Å²) >= 11 is 1.45. The molecule has 1 fully saturated rings. The zero-order chi connectivity index (χ0) is 14.0. The van der Waals surface area contributed by atoms with Gasteiger partial charge in [-0.25, -0.2) is 13.1 Å². The van der Waals surface area contributed by atoms with Crippen LogP contribution in [0.4, 0.5) is 0 Å². The number of nitrogens with one attached hydrogen (secondary N) is 1. The normalized spacial score (nSPS) is 18.9. The Morgan fingerprint density at radius 1 is 1.47 bits per heavy atom. The number of nitrogens with two attached hydrogens (primary N) is 1. The molecule has 0 atom stereocenters. The molecule has 1 aromatic heterocycles. The van der Waals surface area contributed by atoms with Crippen LogP contribution in [0, 0.1) is 6.92 Å². The number of rotatable bonds is 4. The zero-order valence-corrected chi connectivity index (χ0v) is 13.0. The van der Waals surface area contributed by atoms with Crippen LogP contribution in [-0.2, 0) is 16.6 Å². The summed E-state index contributed by atoms with van der Waals surface area (Å²) in [7, 11) is -1.35. The zero-order valence-electron chi connectivity index (χ0n) is 11.3. The lowest BCUT2D eigenvalue weighted by molar-refractivity contribution is 0.248. The Kier molecular flexibility index (Phi) is 4.62. The van der Waals surface area contributed by atoms with Gasteiger partial charge in [0.1, 0.15) is 0 Å². The summed E-state index contributed by atoms with van der Waals surface area (Å²) in [5, 5.41) is 0. The van der Waals surface area contributed by atoms with Gasteiger partial charge in [0.25, 0.3) is 0 Å². The van der Waals surface area contributed by atoms with E-state index in [2.05, 4.69) is 16.7 Å². The Morgan fingerprint density at radius 2 is 2.11 bits per heavy atom. The standard InChI is InChI=1S/C12H21N3O2S2/c1-9-12(7-11(8-13)18-9)19(16,17)14-10-3-5-15(2)6-4-10/h7,10,14H,3-6,8,13H2,1-2H3. The van der Waals surface area contributed by atoms with Crippen LogP contribution >= 0.6 is 11.3 Å². The average Bonchev–Trinajstić information content (AvgIpc) is 2.74. The lowest BCUT2D eigenvalue weighted by Crippen LogP contribution is -2.43. The van der Waals surface area contributed by atoms with E-state index in [9.17, 15) is 8.42 Å². The molecule has 0 saturated carbocycles. The number of aryl methyl sites for hydroxylation is 1. The monoisotopic (exact) mass is 303 g/mol. The van der Waals surface area contributed by atoms with Gasteiger partial charge in [-0.3, -0.25) is 0 Å². The maximum Gasteiger partial charge on any atom is 0.241 e. The Labute approximate surface area is 118 Å². The fourth-order valence-corrected chi connectivity index (χ4v) is 5.12. The molecule has 7 heteroatoms. The van der Waals surface area contributed by atoms with Gasteiger partial charge in [-0.15, -0.1) is 11.3 Å². The highest BCUT2D eigenvalue weighted by molar-refractivity contribution is 7.89. The molecule has 3 N–H and O–H groups in total. The summed E-state index contributed by atoms with van der Waals surface area (Å²) in [6.07, 6.45) is 1.73. The van der Waals surface area contributed by atoms with Crippen molar-refractivity contribution in [3.05, 3.63) is 15.8 Å². The average molecular weight is 303 g/mol. The molecule has 1 aliphatic rings. The van der Waals surface area contributed by atoms with Gasteiger partial charge in [0.2, 0.25) is 10.0 Å². The van der Waals surface area contributed by atoms with Crippen molar-refractivity contribution >= 4 is 21.4 Å². The van der Waals surface area contributed by atoms with Crippen LogP contribution in [0.3, 0.4) is 0 Å². The largest absolute Gasteiger partial charge is 0.326 e. The van der Waals surface area contributed by atoms with Crippen molar-refractivity contribution in [3.8, 4) is 0 Å². The highest BCUT2D eigenvalue weighted by atomic mass is 32.2. The van der Waals surface area contributed by atoms with E-state index in [0.717, 1.165) is 35.7 Å². The first-order valence-electron chi connectivity index (χ1n) is 6.42. The number of likely N-dealkylation sites (tertiary alicyclic amines) is 1. The molecule has 0 aromatic carbocycles. The molecule has 0 bridgehead atoms. The molecule has 1 aromatic rings.